The van der Waals surface area contributed by atoms with Crippen molar-refractivity contribution >= 4 is 5.91 Å². The molecule has 1 fully saturated rings. The van der Waals surface area contributed by atoms with Crippen LogP contribution in [0.1, 0.15) is 23.2 Å². The van der Waals surface area contributed by atoms with Gasteiger partial charge < -0.3 is 10.1 Å². The van der Waals surface area contributed by atoms with Crippen LogP contribution in [0.5, 0.6) is 5.75 Å². The van der Waals surface area contributed by atoms with Gasteiger partial charge in [0.25, 0.3) is 5.91 Å². The molecule has 1 aliphatic carbocycles. The third kappa shape index (κ3) is 2.86. The molecule has 0 aliphatic heterocycles. The van der Waals surface area contributed by atoms with E-state index >= 15 is 0 Å². The zero-order valence-electron chi connectivity index (χ0n) is 9.11. The Balaban J connectivity index is 1.94. The molecule has 0 saturated heterocycles. The predicted molar refractivity (Wildman–Crippen MR) is 62.6 cm³/mol. The molecule has 3 heteroatoms. The topological polar surface area (TPSA) is 38.3 Å². The summed E-state index contributed by atoms with van der Waals surface area (Å²) in [6, 6.07) is 7.53. The first-order chi connectivity index (χ1) is 7.79. The van der Waals surface area contributed by atoms with E-state index in [1.54, 1.807) is 30.3 Å². The second-order valence-corrected chi connectivity index (χ2v) is 3.87. The van der Waals surface area contributed by atoms with E-state index in [1.165, 1.54) is 0 Å². The number of ether oxygens (including phenoxy) is 1. The number of carbonyl (C=O) groups is 1. The van der Waals surface area contributed by atoms with Crippen molar-refractivity contribution in [1.82, 2.24) is 5.32 Å². The van der Waals surface area contributed by atoms with Gasteiger partial charge in [0.15, 0.2) is 0 Å². The van der Waals surface area contributed by atoms with E-state index in [1.807, 2.05) is 0 Å². The molecule has 0 atom stereocenters. The lowest BCUT2D eigenvalue weighted by atomic mass is 10.2. The van der Waals surface area contributed by atoms with Crippen LogP contribution < -0.4 is 10.1 Å². The van der Waals surface area contributed by atoms with Gasteiger partial charge in [-0.1, -0.05) is 12.7 Å². The smallest absolute Gasteiger partial charge is 0.251 e. The van der Waals surface area contributed by atoms with Crippen molar-refractivity contribution in [3.05, 3.63) is 42.5 Å². The summed E-state index contributed by atoms with van der Waals surface area (Å²) < 4.78 is 5.33. The van der Waals surface area contributed by atoms with E-state index in [-0.39, 0.29) is 5.91 Å². The van der Waals surface area contributed by atoms with Gasteiger partial charge in [-0.2, -0.15) is 0 Å². The van der Waals surface area contributed by atoms with Crippen LogP contribution in [0, 0.1) is 0 Å². The van der Waals surface area contributed by atoms with Crippen LogP contribution in [-0.4, -0.2) is 18.6 Å². The van der Waals surface area contributed by atoms with Crippen molar-refractivity contribution < 1.29 is 9.53 Å². The van der Waals surface area contributed by atoms with Crippen LogP contribution in [0.2, 0.25) is 0 Å². The van der Waals surface area contributed by atoms with Gasteiger partial charge in [0.2, 0.25) is 0 Å². The Morgan fingerprint density at radius 1 is 1.44 bits per heavy atom. The summed E-state index contributed by atoms with van der Waals surface area (Å²) in [6.45, 7) is 4.05. The standard InChI is InChI=1S/C13H15NO2/c1-2-9-16-12-7-3-10(4-8-12)13(15)14-11-5-6-11/h2-4,7-8,11H,1,5-6,9H2,(H,14,15). The average Bonchev–Trinajstić information content (AvgIpc) is 3.11. The van der Waals surface area contributed by atoms with Crippen molar-refractivity contribution in [2.75, 3.05) is 6.61 Å². The van der Waals surface area contributed by atoms with Gasteiger partial charge in [-0.05, 0) is 37.1 Å². The maximum atomic E-state index is 11.7. The Morgan fingerprint density at radius 2 is 2.12 bits per heavy atom. The monoisotopic (exact) mass is 217 g/mol. The minimum atomic E-state index is -0.00206. The molecule has 1 saturated carbocycles. The van der Waals surface area contributed by atoms with Crippen LogP contribution in [0.25, 0.3) is 0 Å². The minimum absolute atomic E-state index is 0.00206. The Bertz CT molecular complexity index is 379. The lowest BCUT2D eigenvalue weighted by Gasteiger charge is -2.05. The molecule has 1 N–H and O–H groups in total. The summed E-state index contributed by atoms with van der Waals surface area (Å²) in [6.07, 6.45) is 3.90. The van der Waals surface area contributed by atoms with Crippen LogP contribution in [0.4, 0.5) is 0 Å². The molecule has 84 valence electrons. The van der Waals surface area contributed by atoms with Crippen molar-refractivity contribution in [2.45, 2.75) is 18.9 Å². The van der Waals surface area contributed by atoms with Gasteiger partial charge in [0.1, 0.15) is 12.4 Å². The van der Waals surface area contributed by atoms with E-state index < -0.39 is 0 Å². The summed E-state index contributed by atoms with van der Waals surface area (Å²) in [5.41, 5.74) is 0.679. The van der Waals surface area contributed by atoms with Gasteiger partial charge in [0.05, 0.1) is 0 Å². The van der Waals surface area contributed by atoms with Crippen LogP contribution in [0.3, 0.4) is 0 Å². The molecule has 3 nitrogen and oxygen atoms in total. The van der Waals surface area contributed by atoms with Gasteiger partial charge in [-0.25, -0.2) is 0 Å². The Hall–Kier alpha value is -1.77. The highest BCUT2D eigenvalue weighted by molar-refractivity contribution is 5.94. The molecule has 1 amide bonds. The maximum absolute atomic E-state index is 11.7. The molecule has 1 aromatic carbocycles. The lowest BCUT2D eigenvalue weighted by Crippen LogP contribution is -2.25. The first kappa shape index (κ1) is 10.7. The summed E-state index contributed by atoms with van der Waals surface area (Å²) >= 11 is 0. The van der Waals surface area contributed by atoms with Crippen molar-refractivity contribution in [1.29, 1.82) is 0 Å². The van der Waals surface area contributed by atoms with Crippen LogP contribution in [0.15, 0.2) is 36.9 Å². The number of hydrogen-bond donors (Lipinski definition) is 1. The molecule has 1 aromatic rings. The molecule has 16 heavy (non-hydrogen) atoms. The number of hydrogen-bond acceptors (Lipinski definition) is 2. The molecule has 0 bridgehead atoms. The highest BCUT2D eigenvalue weighted by atomic mass is 16.5. The van der Waals surface area contributed by atoms with Crippen molar-refractivity contribution in [3.8, 4) is 5.75 Å². The molecule has 0 spiro atoms. The summed E-state index contributed by atoms with van der Waals surface area (Å²) in [7, 11) is 0. The summed E-state index contributed by atoms with van der Waals surface area (Å²) in [4.78, 5) is 11.7. The van der Waals surface area contributed by atoms with E-state index in [4.69, 9.17) is 4.74 Å². The minimum Gasteiger partial charge on any atom is -0.490 e. The Kier molecular flexibility index (Phi) is 3.25. The quantitative estimate of drug-likeness (QED) is 0.767. The molecule has 0 unspecified atom stereocenters. The fourth-order valence-corrected chi connectivity index (χ4v) is 1.35. The van der Waals surface area contributed by atoms with Crippen molar-refractivity contribution in [2.24, 2.45) is 0 Å². The Morgan fingerprint density at radius 3 is 2.69 bits per heavy atom. The second-order valence-electron chi connectivity index (χ2n) is 3.87. The number of nitrogens with one attached hydrogen (secondary N) is 1. The highest BCUT2D eigenvalue weighted by Crippen LogP contribution is 2.20. The lowest BCUT2D eigenvalue weighted by molar-refractivity contribution is 0.0951. The predicted octanol–water partition coefficient (Wildman–Crippen LogP) is 2.14. The second kappa shape index (κ2) is 4.84. The molecule has 0 radical (unpaired) electrons. The van der Waals surface area contributed by atoms with Crippen molar-refractivity contribution in [3.63, 3.8) is 0 Å². The molecular formula is C13H15NO2. The normalized spacial score (nSPS) is 14.2. The highest BCUT2D eigenvalue weighted by Gasteiger charge is 2.23. The zero-order valence-corrected chi connectivity index (χ0v) is 9.11. The van der Waals surface area contributed by atoms with Gasteiger partial charge in [-0.3, -0.25) is 4.79 Å². The fraction of sp³-hybridized carbons (Fsp3) is 0.308. The average molecular weight is 217 g/mol. The van der Waals surface area contributed by atoms with E-state index in [0.717, 1.165) is 18.6 Å². The van der Waals surface area contributed by atoms with Gasteiger partial charge in [0, 0.05) is 11.6 Å². The number of amides is 1. The summed E-state index contributed by atoms with van der Waals surface area (Å²) in [5, 5.41) is 2.94. The van der Waals surface area contributed by atoms with E-state index in [2.05, 4.69) is 11.9 Å². The number of rotatable bonds is 5. The summed E-state index contributed by atoms with van der Waals surface area (Å²) in [5.74, 6) is 0.751. The van der Waals surface area contributed by atoms with Crippen LogP contribution >= 0.6 is 0 Å². The van der Waals surface area contributed by atoms with E-state index in [0.29, 0.717) is 18.2 Å². The third-order valence-electron chi connectivity index (χ3n) is 2.40. The van der Waals surface area contributed by atoms with Gasteiger partial charge >= 0.3 is 0 Å². The van der Waals surface area contributed by atoms with E-state index in [9.17, 15) is 4.79 Å². The van der Waals surface area contributed by atoms with Crippen LogP contribution in [-0.2, 0) is 0 Å². The zero-order chi connectivity index (χ0) is 11.4. The number of carbonyl (C=O) groups excluding carboxylic acids is 1. The first-order valence-corrected chi connectivity index (χ1v) is 5.44. The first-order valence-electron chi connectivity index (χ1n) is 5.44. The SMILES string of the molecule is C=CCOc1ccc(C(=O)NC2CC2)cc1. The Labute approximate surface area is 95.1 Å². The molecule has 0 aromatic heterocycles. The number of benzene rings is 1. The molecule has 2 rings (SSSR count). The fourth-order valence-electron chi connectivity index (χ4n) is 1.35. The molecule has 0 heterocycles. The molecular weight excluding hydrogens is 202 g/mol. The maximum Gasteiger partial charge on any atom is 0.251 e. The third-order valence-corrected chi connectivity index (χ3v) is 2.40. The largest absolute Gasteiger partial charge is 0.490 e. The molecule has 1 aliphatic rings. The van der Waals surface area contributed by atoms with Gasteiger partial charge in [-0.15, -0.1) is 0 Å².